The largest absolute Gasteiger partial charge is 0.480 e. The molecule has 0 aliphatic carbocycles. The molecular weight excluding hydrogens is 452 g/mol. The van der Waals surface area contributed by atoms with Crippen molar-refractivity contribution in [3.63, 3.8) is 0 Å². The quantitative estimate of drug-likeness (QED) is 0.539. The topological polar surface area (TPSA) is 53.4 Å². The summed E-state index contributed by atoms with van der Waals surface area (Å²) >= 11 is 14.1. The minimum atomic E-state index is -0.878. The standard InChI is InChI=1S/C15H8BrClN2O2S3/c16-7-1-2-9-8(3-7)19(5-13(20)21)12(24-9)4-11-18-14-10(23-11)6-22-15(14)17/h1-4,6H,5H2,(H,20,21)/b12-4-. The van der Waals surface area contributed by atoms with Crippen molar-refractivity contribution in [3.8, 4) is 0 Å². The van der Waals surface area contributed by atoms with Gasteiger partial charge in [-0.05, 0) is 18.2 Å². The molecule has 122 valence electrons. The Kier molecular flexibility index (Phi) is 4.34. The molecule has 4 nitrogen and oxygen atoms in total. The summed E-state index contributed by atoms with van der Waals surface area (Å²) in [4.78, 5) is 18.7. The Hall–Kier alpha value is -1.06. The molecule has 0 unspecified atom stereocenters. The van der Waals surface area contributed by atoms with E-state index in [1.807, 2.05) is 29.7 Å². The second-order valence-corrected chi connectivity index (χ2v) is 9.47. The average Bonchev–Trinajstić information content (AvgIpc) is 3.16. The number of thiazole rings is 1. The highest BCUT2D eigenvalue weighted by molar-refractivity contribution is 9.10. The number of aromatic nitrogens is 1. The minimum Gasteiger partial charge on any atom is -0.480 e. The number of halogens is 2. The lowest BCUT2D eigenvalue weighted by atomic mass is 10.3. The smallest absolute Gasteiger partial charge is 0.323 e. The van der Waals surface area contributed by atoms with Crippen LogP contribution in [0.15, 0.2) is 38.0 Å². The minimum absolute atomic E-state index is 0.0950. The van der Waals surface area contributed by atoms with Crippen LogP contribution >= 0.6 is 62.0 Å². The van der Waals surface area contributed by atoms with Crippen molar-refractivity contribution in [2.24, 2.45) is 0 Å². The van der Waals surface area contributed by atoms with Crippen molar-refractivity contribution in [3.05, 3.63) is 42.4 Å². The highest BCUT2D eigenvalue weighted by Crippen LogP contribution is 2.48. The van der Waals surface area contributed by atoms with Crippen molar-refractivity contribution in [1.29, 1.82) is 0 Å². The maximum absolute atomic E-state index is 11.3. The van der Waals surface area contributed by atoms with Gasteiger partial charge in [0.1, 0.15) is 21.4 Å². The molecule has 3 aromatic rings. The van der Waals surface area contributed by atoms with Gasteiger partial charge in [0.05, 0.1) is 15.4 Å². The first-order valence-electron chi connectivity index (χ1n) is 6.73. The molecule has 0 atom stereocenters. The van der Waals surface area contributed by atoms with Crippen LogP contribution in [0.25, 0.3) is 16.3 Å². The third kappa shape index (κ3) is 2.97. The highest BCUT2D eigenvalue weighted by Gasteiger charge is 2.27. The Morgan fingerprint density at radius 3 is 3.04 bits per heavy atom. The van der Waals surface area contributed by atoms with Gasteiger partial charge in [0.2, 0.25) is 0 Å². The van der Waals surface area contributed by atoms with Gasteiger partial charge >= 0.3 is 5.97 Å². The monoisotopic (exact) mass is 458 g/mol. The summed E-state index contributed by atoms with van der Waals surface area (Å²) in [5.74, 6) is -0.878. The summed E-state index contributed by atoms with van der Waals surface area (Å²) in [6, 6.07) is 5.87. The Balaban J connectivity index is 1.76. The van der Waals surface area contributed by atoms with Crippen LogP contribution in [0, 0.1) is 0 Å². The van der Waals surface area contributed by atoms with E-state index in [9.17, 15) is 9.90 Å². The summed E-state index contributed by atoms with van der Waals surface area (Å²) in [7, 11) is 0. The van der Waals surface area contributed by atoms with Gasteiger partial charge in [0.25, 0.3) is 0 Å². The third-order valence-electron chi connectivity index (χ3n) is 3.36. The first kappa shape index (κ1) is 16.4. The van der Waals surface area contributed by atoms with Crippen molar-refractivity contribution in [2.45, 2.75) is 4.90 Å². The fraction of sp³-hybridized carbons (Fsp3) is 0.0667. The maximum Gasteiger partial charge on any atom is 0.323 e. The highest BCUT2D eigenvalue weighted by atomic mass is 79.9. The van der Waals surface area contributed by atoms with Gasteiger partial charge in [-0.15, -0.1) is 22.7 Å². The number of aliphatic carboxylic acids is 1. The van der Waals surface area contributed by atoms with Crippen LogP contribution in [0.3, 0.4) is 0 Å². The molecule has 0 fully saturated rings. The van der Waals surface area contributed by atoms with E-state index < -0.39 is 5.97 Å². The molecule has 0 saturated heterocycles. The van der Waals surface area contributed by atoms with Crippen LogP contribution in [0.5, 0.6) is 0 Å². The van der Waals surface area contributed by atoms with Crippen LogP contribution in [0.4, 0.5) is 5.69 Å². The van der Waals surface area contributed by atoms with Crippen LogP contribution in [-0.4, -0.2) is 22.6 Å². The van der Waals surface area contributed by atoms with E-state index in [0.29, 0.717) is 4.34 Å². The SMILES string of the molecule is O=C(O)CN1/C(=C/c2nc3c(Cl)scc3s2)Sc2ccc(Br)cc21. The molecule has 0 saturated carbocycles. The predicted molar refractivity (Wildman–Crippen MR) is 105 cm³/mol. The third-order valence-corrected chi connectivity index (χ3v) is 7.26. The molecule has 4 rings (SSSR count). The van der Waals surface area contributed by atoms with Gasteiger partial charge in [-0.2, -0.15) is 0 Å². The lowest BCUT2D eigenvalue weighted by Gasteiger charge is -2.17. The number of carbonyl (C=O) groups is 1. The van der Waals surface area contributed by atoms with Gasteiger partial charge in [-0.3, -0.25) is 4.79 Å². The molecule has 1 aliphatic rings. The Bertz CT molecular complexity index is 998. The Morgan fingerprint density at radius 2 is 2.29 bits per heavy atom. The zero-order valence-corrected chi connectivity index (χ0v) is 16.6. The van der Waals surface area contributed by atoms with E-state index in [1.54, 1.807) is 28.0 Å². The Labute approximate surface area is 162 Å². The number of fused-ring (bicyclic) bond motifs is 2. The maximum atomic E-state index is 11.3. The fourth-order valence-electron chi connectivity index (χ4n) is 2.38. The summed E-state index contributed by atoms with van der Waals surface area (Å²) < 4.78 is 2.64. The van der Waals surface area contributed by atoms with Gasteiger partial charge in [-0.1, -0.05) is 39.3 Å². The van der Waals surface area contributed by atoms with Crippen molar-refractivity contribution in [1.82, 2.24) is 4.98 Å². The summed E-state index contributed by atoms with van der Waals surface area (Å²) in [6.07, 6.45) is 1.92. The molecule has 24 heavy (non-hydrogen) atoms. The lowest BCUT2D eigenvalue weighted by molar-refractivity contribution is -0.135. The number of benzene rings is 1. The first-order chi connectivity index (χ1) is 11.5. The number of carboxylic acids is 1. The predicted octanol–water partition coefficient (Wildman–Crippen LogP) is 5.77. The van der Waals surface area contributed by atoms with Crippen LogP contribution in [0.1, 0.15) is 5.01 Å². The number of hydrogen-bond donors (Lipinski definition) is 1. The fourth-order valence-corrected chi connectivity index (χ4v) is 5.98. The molecule has 0 spiro atoms. The van der Waals surface area contributed by atoms with E-state index in [1.165, 1.54) is 11.3 Å². The number of hydrogen-bond acceptors (Lipinski definition) is 6. The van der Waals surface area contributed by atoms with Crippen LogP contribution in [-0.2, 0) is 4.79 Å². The molecule has 1 aliphatic heterocycles. The normalized spacial score (nSPS) is 15.4. The molecule has 0 radical (unpaired) electrons. The van der Waals surface area contributed by atoms with E-state index in [4.69, 9.17) is 11.6 Å². The van der Waals surface area contributed by atoms with Crippen LogP contribution in [0.2, 0.25) is 4.34 Å². The average molecular weight is 460 g/mol. The van der Waals surface area contributed by atoms with E-state index >= 15 is 0 Å². The van der Waals surface area contributed by atoms with E-state index in [2.05, 4.69) is 20.9 Å². The second-order valence-electron chi connectivity index (χ2n) is 4.95. The second kappa shape index (κ2) is 6.34. The lowest BCUT2D eigenvalue weighted by Crippen LogP contribution is -2.25. The first-order valence-corrected chi connectivity index (χ1v) is 10.4. The van der Waals surface area contributed by atoms with Crippen molar-refractivity contribution < 1.29 is 9.90 Å². The van der Waals surface area contributed by atoms with Gasteiger partial charge in [-0.25, -0.2) is 4.98 Å². The molecule has 0 bridgehead atoms. The molecule has 0 amide bonds. The number of carboxylic acid groups (broad SMARTS) is 1. The molecular formula is C15H8BrClN2O2S3. The van der Waals surface area contributed by atoms with E-state index in [-0.39, 0.29) is 6.54 Å². The zero-order chi connectivity index (χ0) is 16.8. The molecule has 1 aromatic carbocycles. The van der Waals surface area contributed by atoms with Crippen molar-refractivity contribution in [2.75, 3.05) is 11.4 Å². The zero-order valence-electron chi connectivity index (χ0n) is 11.8. The number of thiophene rings is 1. The number of nitrogens with zero attached hydrogens (tertiary/aromatic N) is 2. The molecule has 3 heterocycles. The molecule has 1 N–H and O–H groups in total. The number of thioether (sulfide) groups is 1. The molecule has 9 heteroatoms. The summed E-state index contributed by atoms with van der Waals surface area (Å²) in [5, 5.41) is 12.9. The molecule has 2 aromatic heterocycles. The van der Waals surface area contributed by atoms with E-state index in [0.717, 1.165) is 35.3 Å². The van der Waals surface area contributed by atoms with Gasteiger partial charge in [0, 0.05) is 20.8 Å². The number of rotatable bonds is 3. The summed E-state index contributed by atoms with van der Waals surface area (Å²) in [5.41, 5.74) is 1.70. The van der Waals surface area contributed by atoms with Crippen LogP contribution < -0.4 is 4.90 Å². The summed E-state index contributed by atoms with van der Waals surface area (Å²) in [6.45, 7) is -0.0950. The van der Waals surface area contributed by atoms with Crippen molar-refractivity contribution >= 4 is 89.9 Å². The number of anilines is 1. The van der Waals surface area contributed by atoms with Gasteiger partial charge < -0.3 is 10.0 Å². The Morgan fingerprint density at radius 1 is 1.46 bits per heavy atom. The van der Waals surface area contributed by atoms with Gasteiger partial charge in [0.15, 0.2) is 0 Å².